The number of rotatable bonds is 3. The third-order valence-electron chi connectivity index (χ3n) is 2.20. The first-order chi connectivity index (χ1) is 7.36. The highest BCUT2D eigenvalue weighted by molar-refractivity contribution is 5.97. The lowest BCUT2D eigenvalue weighted by molar-refractivity contribution is 0.0959. The van der Waals surface area contributed by atoms with Crippen LogP contribution in [0.5, 0.6) is 0 Å². The fourth-order valence-corrected chi connectivity index (χ4v) is 1.42. The molecule has 0 bridgehead atoms. The molecule has 5 heteroatoms. The molecule has 0 aromatic heterocycles. The van der Waals surface area contributed by atoms with E-state index in [1.54, 1.807) is 12.1 Å². The Labute approximate surface area is 101 Å². The van der Waals surface area contributed by atoms with Crippen LogP contribution in [0.4, 0.5) is 0 Å². The predicted molar refractivity (Wildman–Crippen MR) is 66.3 cm³/mol. The molecule has 4 nitrogen and oxygen atoms in total. The van der Waals surface area contributed by atoms with E-state index in [-0.39, 0.29) is 18.3 Å². The molecular weight excluding hydrogens is 226 g/mol. The first-order valence-electron chi connectivity index (χ1n) is 4.97. The Morgan fingerprint density at radius 2 is 2.12 bits per heavy atom. The number of carbonyl (C=O) groups is 1. The highest BCUT2D eigenvalue weighted by atomic mass is 35.5. The third-order valence-corrected chi connectivity index (χ3v) is 2.20. The lowest BCUT2D eigenvalue weighted by Crippen LogP contribution is -2.34. The van der Waals surface area contributed by atoms with Crippen LogP contribution in [0.25, 0.3) is 0 Å². The summed E-state index contributed by atoms with van der Waals surface area (Å²) >= 11 is 0. The summed E-state index contributed by atoms with van der Waals surface area (Å²) in [5.41, 5.74) is 0.677. The minimum atomic E-state index is -0.0630. The Hall–Kier alpha value is -1.55. The Morgan fingerprint density at radius 3 is 2.75 bits per heavy atom. The fourth-order valence-electron chi connectivity index (χ4n) is 1.42. The van der Waals surface area contributed by atoms with Crippen LogP contribution in [0.15, 0.2) is 35.3 Å². The number of nitrogens with one attached hydrogen (secondary N) is 2. The van der Waals surface area contributed by atoms with Gasteiger partial charge in [0.05, 0.1) is 13.1 Å². The summed E-state index contributed by atoms with van der Waals surface area (Å²) in [6.45, 7) is 2.15. The van der Waals surface area contributed by atoms with Crippen molar-refractivity contribution in [2.75, 3.05) is 19.6 Å². The zero-order chi connectivity index (χ0) is 10.5. The standard InChI is InChI=1S/C11H13N3O.ClH/c15-11(9-4-2-1-3-5-9)14-8-10-12-6-7-13-10;/h1-5H,6-8H2,(H,12,13)(H,14,15);1H. The molecule has 0 spiro atoms. The summed E-state index contributed by atoms with van der Waals surface area (Å²) in [4.78, 5) is 15.8. The zero-order valence-corrected chi connectivity index (χ0v) is 9.59. The monoisotopic (exact) mass is 239 g/mol. The molecule has 0 saturated heterocycles. The molecule has 0 unspecified atom stereocenters. The van der Waals surface area contributed by atoms with Crippen molar-refractivity contribution in [2.45, 2.75) is 0 Å². The number of amides is 1. The third kappa shape index (κ3) is 3.24. The van der Waals surface area contributed by atoms with E-state index in [9.17, 15) is 4.79 Å². The van der Waals surface area contributed by atoms with Gasteiger partial charge in [0.25, 0.3) is 5.91 Å². The van der Waals surface area contributed by atoms with Gasteiger partial charge in [-0.15, -0.1) is 12.4 Å². The average Bonchev–Trinajstić information content (AvgIpc) is 2.80. The number of aliphatic imine (C=N–C) groups is 1. The first kappa shape index (κ1) is 12.5. The second kappa shape index (κ2) is 6.12. The van der Waals surface area contributed by atoms with Crippen molar-refractivity contribution in [1.29, 1.82) is 0 Å². The molecule has 1 amide bonds. The van der Waals surface area contributed by atoms with E-state index in [0.717, 1.165) is 18.9 Å². The van der Waals surface area contributed by atoms with Crippen molar-refractivity contribution in [2.24, 2.45) is 4.99 Å². The second-order valence-electron chi connectivity index (χ2n) is 3.30. The fraction of sp³-hybridized carbons (Fsp3) is 0.273. The van der Waals surface area contributed by atoms with Crippen molar-refractivity contribution in [1.82, 2.24) is 10.6 Å². The number of carbonyl (C=O) groups excluding carboxylic acids is 1. The maximum absolute atomic E-state index is 11.6. The molecule has 0 saturated carbocycles. The van der Waals surface area contributed by atoms with Crippen LogP contribution in [-0.4, -0.2) is 31.4 Å². The molecule has 1 heterocycles. The summed E-state index contributed by atoms with van der Waals surface area (Å²) in [5.74, 6) is 0.797. The largest absolute Gasteiger partial charge is 0.370 e. The Morgan fingerprint density at radius 1 is 1.38 bits per heavy atom. The van der Waals surface area contributed by atoms with Crippen molar-refractivity contribution in [3.05, 3.63) is 35.9 Å². The quantitative estimate of drug-likeness (QED) is 0.822. The smallest absolute Gasteiger partial charge is 0.251 e. The van der Waals surface area contributed by atoms with Gasteiger partial charge in [0.15, 0.2) is 0 Å². The van der Waals surface area contributed by atoms with Gasteiger partial charge in [-0.25, -0.2) is 0 Å². The minimum Gasteiger partial charge on any atom is -0.370 e. The van der Waals surface area contributed by atoms with E-state index in [0.29, 0.717) is 12.1 Å². The van der Waals surface area contributed by atoms with Crippen LogP contribution in [0, 0.1) is 0 Å². The molecule has 0 fully saturated rings. The van der Waals surface area contributed by atoms with Crippen LogP contribution in [-0.2, 0) is 0 Å². The van der Waals surface area contributed by atoms with Gasteiger partial charge in [0, 0.05) is 12.1 Å². The average molecular weight is 240 g/mol. The van der Waals surface area contributed by atoms with Gasteiger partial charge in [-0.3, -0.25) is 9.79 Å². The normalized spacial score (nSPS) is 13.4. The number of benzene rings is 1. The van der Waals surface area contributed by atoms with E-state index >= 15 is 0 Å². The molecule has 86 valence electrons. The van der Waals surface area contributed by atoms with Crippen molar-refractivity contribution < 1.29 is 4.79 Å². The maximum Gasteiger partial charge on any atom is 0.251 e. The van der Waals surface area contributed by atoms with Crippen LogP contribution in [0.2, 0.25) is 0 Å². The summed E-state index contributed by atoms with van der Waals surface area (Å²) in [7, 11) is 0. The highest BCUT2D eigenvalue weighted by Crippen LogP contribution is 1.97. The molecule has 1 aliphatic rings. The summed E-state index contributed by atoms with van der Waals surface area (Å²) in [5, 5.41) is 5.91. The van der Waals surface area contributed by atoms with E-state index in [1.165, 1.54) is 0 Å². The van der Waals surface area contributed by atoms with Crippen LogP contribution >= 0.6 is 12.4 Å². The minimum absolute atomic E-state index is 0. The number of hydrogen-bond donors (Lipinski definition) is 2. The van der Waals surface area contributed by atoms with E-state index in [4.69, 9.17) is 0 Å². The van der Waals surface area contributed by atoms with Crippen molar-refractivity contribution in [3.63, 3.8) is 0 Å². The van der Waals surface area contributed by atoms with Crippen molar-refractivity contribution >= 4 is 24.1 Å². The topological polar surface area (TPSA) is 53.5 Å². The lowest BCUT2D eigenvalue weighted by atomic mass is 10.2. The SMILES string of the molecule is Cl.O=C(NCC1=NCCN1)c1ccccc1. The van der Waals surface area contributed by atoms with Gasteiger partial charge in [-0.05, 0) is 12.1 Å². The number of nitrogens with zero attached hydrogens (tertiary/aromatic N) is 1. The number of halogens is 1. The zero-order valence-electron chi connectivity index (χ0n) is 8.77. The van der Waals surface area contributed by atoms with Gasteiger partial charge in [0.1, 0.15) is 5.84 Å². The first-order valence-corrected chi connectivity index (χ1v) is 4.97. The molecule has 2 rings (SSSR count). The predicted octanol–water partition coefficient (Wildman–Crippen LogP) is 0.840. The highest BCUT2D eigenvalue weighted by Gasteiger charge is 2.07. The molecule has 2 N–H and O–H groups in total. The Balaban J connectivity index is 0.00000128. The molecule has 1 aliphatic heterocycles. The number of amidine groups is 1. The van der Waals surface area contributed by atoms with Crippen molar-refractivity contribution in [3.8, 4) is 0 Å². The molecule has 0 atom stereocenters. The van der Waals surface area contributed by atoms with E-state index in [1.807, 2.05) is 18.2 Å². The second-order valence-corrected chi connectivity index (χ2v) is 3.30. The molecule has 1 aromatic rings. The van der Waals surface area contributed by atoms with E-state index in [2.05, 4.69) is 15.6 Å². The van der Waals surface area contributed by atoms with E-state index < -0.39 is 0 Å². The van der Waals surface area contributed by atoms with Gasteiger partial charge < -0.3 is 10.6 Å². The summed E-state index contributed by atoms with van der Waals surface area (Å²) < 4.78 is 0. The molecule has 0 radical (unpaired) electrons. The van der Waals surface area contributed by atoms with Gasteiger partial charge in [-0.2, -0.15) is 0 Å². The Kier molecular flexibility index (Phi) is 4.79. The molecule has 16 heavy (non-hydrogen) atoms. The molecular formula is C11H14ClN3O. The summed E-state index contributed by atoms with van der Waals surface area (Å²) in [6.07, 6.45) is 0. The molecule has 1 aromatic carbocycles. The van der Waals surface area contributed by atoms with Crippen LogP contribution in [0.1, 0.15) is 10.4 Å². The van der Waals surface area contributed by atoms with Gasteiger partial charge >= 0.3 is 0 Å². The number of hydrogen-bond acceptors (Lipinski definition) is 3. The van der Waals surface area contributed by atoms with Crippen LogP contribution < -0.4 is 10.6 Å². The Bertz CT molecular complexity index is 378. The van der Waals surface area contributed by atoms with Crippen LogP contribution in [0.3, 0.4) is 0 Å². The summed E-state index contributed by atoms with van der Waals surface area (Å²) in [6, 6.07) is 9.17. The van der Waals surface area contributed by atoms with Gasteiger partial charge in [-0.1, -0.05) is 18.2 Å². The van der Waals surface area contributed by atoms with Gasteiger partial charge in [0.2, 0.25) is 0 Å². The maximum atomic E-state index is 11.6. The molecule has 0 aliphatic carbocycles. The lowest BCUT2D eigenvalue weighted by Gasteiger charge is -2.05.